The van der Waals surface area contributed by atoms with Gasteiger partial charge >= 0.3 is 10.2 Å². The maximum atomic E-state index is 14.4. The topological polar surface area (TPSA) is 90.0 Å². The van der Waals surface area contributed by atoms with E-state index < -0.39 is 46.2 Å². The zero-order chi connectivity index (χ0) is 25.6. The van der Waals surface area contributed by atoms with Crippen LogP contribution >= 0.6 is 0 Å². The fourth-order valence-corrected chi connectivity index (χ4v) is 4.18. The Morgan fingerprint density at radius 3 is 2.09 bits per heavy atom. The van der Waals surface area contributed by atoms with Gasteiger partial charge in [0, 0.05) is 32.2 Å². The van der Waals surface area contributed by atoms with E-state index >= 15 is 0 Å². The number of carbonyl (C=O) groups is 2. The number of rotatable bonds is 10. The highest BCUT2D eigenvalue weighted by Gasteiger charge is 2.33. The first kappa shape index (κ1) is 27.2. The number of halogens is 2. The van der Waals surface area contributed by atoms with Crippen LogP contribution in [0.15, 0.2) is 48.5 Å². The summed E-state index contributed by atoms with van der Waals surface area (Å²) in [6.07, 6.45) is 0. The lowest BCUT2D eigenvalue weighted by atomic mass is 10.1. The molecule has 0 bridgehead atoms. The standard InChI is InChI=1S/C23H30F2N4O4S/c1-16(2)26-23(31)17(3)28(14-18-8-6-7-9-21(18)25)22(30)15-29(34(32,33)27(4)5)20-12-10-19(24)11-13-20/h6-13,16-17H,14-15H2,1-5H3,(H,26,31)/t17-/m1/s1. The molecule has 2 amide bonds. The highest BCUT2D eigenvalue weighted by atomic mass is 32.2. The third kappa shape index (κ3) is 6.73. The number of nitrogens with zero attached hydrogens (tertiary/aromatic N) is 3. The smallest absolute Gasteiger partial charge is 0.304 e. The van der Waals surface area contributed by atoms with Gasteiger partial charge in [0.05, 0.1) is 5.69 Å². The molecule has 2 aromatic rings. The number of carbonyl (C=O) groups excluding carboxylic acids is 2. The molecule has 0 spiro atoms. The lowest BCUT2D eigenvalue weighted by Gasteiger charge is -2.33. The van der Waals surface area contributed by atoms with Gasteiger partial charge in [0.15, 0.2) is 0 Å². The minimum absolute atomic E-state index is 0.0635. The molecule has 0 radical (unpaired) electrons. The third-order valence-corrected chi connectivity index (χ3v) is 6.85. The number of hydrogen-bond acceptors (Lipinski definition) is 4. The van der Waals surface area contributed by atoms with Gasteiger partial charge in [-0.2, -0.15) is 12.7 Å². The van der Waals surface area contributed by atoms with Gasteiger partial charge in [0.1, 0.15) is 24.2 Å². The largest absolute Gasteiger partial charge is 0.352 e. The number of benzene rings is 2. The fourth-order valence-electron chi connectivity index (χ4n) is 3.12. The van der Waals surface area contributed by atoms with Crippen molar-refractivity contribution in [2.45, 2.75) is 39.4 Å². The molecule has 1 atom stereocenters. The molecule has 0 fully saturated rings. The lowest BCUT2D eigenvalue weighted by molar-refractivity contribution is -0.139. The van der Waals surface area contributed by atoms with Crippen molar-refractivity contribution in [3.8, 4) is 0 Å². The Morgan fingerprint density at radius 2 is 1.56 bits per heavy atom. The van der Waals surface area contributed by atoms with Crippen molar-refractivity contribution in [1.82, 2.24) is 14.5 Å². The van der Waals surface area contributed by atoms with Crippen LogP contribution in [-0.2, 0) is 26.3 Å². The number of nitrogens with one attached hydrogen (secondary N) is 1. The maximum Gasteiger partial charge on any atom is 0.304 e. The fraction of sp³-hybridized carbons (Fsp3) is 0.391. The Hall–Kier alpha value is -3.05. The summed E-state index contributed by atoms with van der Waals surface area (Å²) in [7, 11) is -1.56. The van der Waals surface area contributed by atoms with Gasteiger partial charge in [0.25, 0.3) is 0 Å². The molecule has 186 valence electrons. The molecule has 0 unspecified atom stereocenters. The molecule has 0 aliphatic rings. The molecule has 0 saturated carbocycles. The van der Waals surface area contributed by atoms with E-state index in [-0.39, 0.29) is 23.8 Å². The second-order valence-corrected chi connectivity index (χ2v) is 10.3. The van der Waals surface area contributed by atoms with E-state index in [0.29, 0.717) is 0 Å². The summed E-state index contributed by atoms with van der Waals surface area (Å²) in [4.78, 5) is 27.3. The first-order chi connectivity index (χ1) is 15.8. The highest BCUT2D eigenvalue weighted by molar-refractivity contribution is 7.90. The normalized spacial score (nSPS) is 12.5. The molecule has 2 rings (SSSR count). The van der Waals surface area contributed by atoms with Crippen molar-refractivity contribution in [3.63, 3.8) is 0 Å². The van der Waals surface area contributed by atoms with Crippen molar-refractivity contribution in [3.05, 3.63) is 65.7 Å². The molecular formula is C23H30F2N4O4S. The number of anilines is 1. The third-order valence-electron chi connectivity index (χ3n) is 5.03. The van der Waals surface area contributed by atoms with Crippen LogP contribution in [0.5, 0.6) is 0 Å². The summed E-state index contributed by atoms with van der Waals surface area (Å²) in [6.45, 7) is 4.07. The van der Waals surface area contributed by atoms with Gasteiger partial charge in [-0.1, -0.05) is 18.2 Å². The van der Waals surface area contributed by atoms with Crippen LogP contribution in [0.1, 0.15) is 26.3 Å². The van der Waals surface area contributed by atoms with Gasteiger partial charge in [-0.3, -0.25) is 9.59 Å². The number of hydrogen-bond donors (Lipinski definition) is 1. The number of amides is 2. The van der Waals surface area contributed by atoms with Crippen molar-refractivity contribution < 1.29 is 26.8 Å². The molecule has 34 heavy (non-hydrogen) atoms. The molecule has 0 aromatic heterocycles. The predicted octanol–water partition coefficient (Wildman–Crippen LogP) is 2.52. The van der Waals surface area contributed by atoms with Crippen LogP contribution in [-0.4, -0.2) is 62.2 Å². The first-order valence-corrected chi connectivity index (χ1v) is 12.0. The van der Waals surface area contributed by atoms with Crippen molar-refractivity contribution in [1.29, 1.82) is 0 Å². The van der Waals surface area contributed by atoms with Crippen LogP contribution in [0, 0.1) is 11.6 Å². The van der Waals surface area contributed by atoms with Crippen LogP contribution in [0.2, 0.25) is 0 Å². The monoisotopic (exact) mass is 496 g/mol. The molecular weight excluding hydrogens is 466 g/mol. The predicted molar refractivity (Wildman–Crippen MR) is 126 cm³/mol. The molecule has 11 heteroatoms. The lowest BCUT2D eigenvalue weighted by Crippen LogP contribution is -2.53. The Balaban J connectivity index is 2.46. The van der Waals surface area contributed by atoms with Gasteiger partial charge in [-0.15, -0.1) is 0 Å². The van der Waals surface area contributed by atoms with Crippen LogP contribution < -0.4 is 9.62 Å². The average molecular weight is 497 g/mol. The van der Waals surface area contributed by atoms with Crippen LogP contribution in [0.25, 0.3) is 0 Å². The molecule has 0 aliphatic carbocycles. The van der Waals surface area contributed by atoms with E-state index in [1.165, 1.54) is 51.4 Å². The minimum Gasteiger partial charge on any atom is -0.352 e. The molecule has 0 heterocycles. The van der Waals surface area contributed by atoms with Crippen molar-refractivity contribution >= 4 is 27.7 Å². The van der Waals surface area contributed by atoms with E-state index in [1.807, 2.05) is 0 Å². The van der Waals surface area contributed by atoms with E-state index in [9.17, 15) is 26.8 Å². The van der Waals surface area contributed by atoms with Crippen LogP contribution in [0.3, 0.4) is 0 Å². The summed E-state index contributed by atoms with van der Waals surface area (Å²) < 4.78 is 55.5. The second-order valence-electron chi connectivity index (χ2n) is 8.23. The molecule has 0 aliphatic heterocycles. The van der Waals surface area contributed by atoms with Crippen molar-refractivity contribution in [2.24, 2.45) is 0 Å². The average Bonchev–Trinajstić information content (AvgIpc) is 2.76. The zero-order valence-electron chi connectivity index (χ0n) is 19.8. The summed E-state index contributed by atoms with van der Waals surface area (Å²) in [5.41, 5.74) is 0.234. The zero-order valence-corrected chi connectivity index (χ0v) is 20.6. The Bertz CT molecular complexity index is 1110. The molecule has 1 N–H and O–H groups in total. The summed E-state index contributed by atoms with van der Waals surface area (Å²) in [6, 6.07) is 9.22. The quantitative estimate of drug-likeness (QED) is 0.547. The van der Waals surface area contributed by atoms with Gasteiger partial charge in [-0.25, -0.2) is 13.1 Å². The minimum atomic E-state index is -4.16. The Labute approximate surface area is 199 Å². The van der Waals surface area contributed by atoms with Crippen LogP contribution in [0.4, 0.5) is 14.5 Å². The first-order valence-electron chi connectivity index (χ1n) is 10.6. The maximum absolute atomic E-state index is 14.4. The van der Waals surface area contributed by atoms with Gasteiger partial charge in [0.2, 0.25) is 11.8 Å². The SMILES string of the molecule is CC(C)NC(=O)[C@@H](C)N(Cc1ccccc1F)C(=O)CN(c1ccc(F)cc1)S(=O)(=O)N(C)C. The summed E-state index contributed by atoms with van der Waals surface area (Å²) in [5.74, 6) is -2.33. The highest BCUT2D eigenvalue weighted by Crippen LogP contribution is 2.21. The van der Waals surface area contributed by atoms with Gasteiger partial charge in [-0.05, 0) is 51.1 Å². The molecule has 0 saturated heterocycles. The molecule has 8 nitrogen and oxygen atoms in total. The van der Waals surface area contributed by atoms with E-state index in [0.717, 1.165) is 25.6 Å². The summed E-state index contributed by atoms with van der Waals surface area (Å²) in [5, 5.41) is 2.71. The van der Waals surface area contributed by atoms with E-state index in [4.69, 9.17) is 0 Å². The Morgan fingerprint density at radius 1 is 0.971 bits per heavy atom. The second kappa shape index (κ2) is 11.4. The van der Waals surface area contributed by atoms with E-state index in [1.54, 1.807) is 19.9 Å². The molecule has 2 aromatic carbocycles. The van der Waals surface area contributed by atoms with E-state index in [2.05, 4.69) is 5.32 Å². The van der Waals surface area contributed by atoms with Crippen molar-refractivity contribution in [2.75, 3.05) is 24.9 Å². The summed E-state index contributed by atoms with van der Waals surface area (Å²) >= 11 is 0. The Kier molecular flexibility index (Phi) is 9.11. The van der Waals surface area contributed by atoms with Gasteiger partial charge < -0.3 is 10.2 Å².